The number of urea groups is 2. The number of nitrogens with one attached hydrogen (secondary N) is 1. The molecule has 6 nitrogen and oxygen atoms in total. The maximum atomic E-state index is 12.5. The van der Waals surface area contributed by atoms with Gasteiger partial charge < -0.3 is 4.90 Å². The number of carbonyl (C=O) groups excluding carboxylic acids is 2. The van der Waals surface area contributed by atoms with E-state index in [1.165, 1.54) is 4.68 Å². The van der Waals surface area contributed by atoms with Crippen LogP contribution in [-0.2, 0) is 0 Å². The molecule has 6 heteroatoms. The fraction of sp³-hybridized carbons (Fsp3) is 0.211. The van der Waals surface area contributed by atoms with E-state index < -0.39 is 12.1 Å². The van der Waals surface area contributed by atoms with E-state index in [2.05, 4.69) is 24.2 Å². The molecule has 1 saturated heterocycles. The van der Waals surface area contributed by atoms with Gasteiger partial charge in [0.15, 0.2) is 0 Å². The summed E-state index contributed by atoms with van der Waals surface area (Å²) in [7, 11) is 0. The molecule has 0 spiro atoms. The number of hydrogen-bond acceptors (Lipinski definition) is 3. The van der Waals surface area contributed by atoms with E-state index >= 15 is 0 Å². The largest absolute Gasteiger partial charge is 0.531 e. The van der Waals surface area contributed by atoms with Gasteiger partial charge in [0.2, 0.25) is 0 Å². The van der Waals surface area contributed by atoms with Gasteiger partial charge in [0.25, 0.3) is 0 Å². The van der Waals surface area contributed by atoms with Gasteiger partial charge in [0, 0.05) is 24.3 Å². The minimum Gasteiger partial charge on any atom is -0.372 e. The van der Waals surface area contributed by atoms with E-state index in [0.29, 0.717) is 5.69 Å². The van der Waals surface area contributed by atoms with Crippen LogP contribution in [0.25, 0.3) is 0 Å². The number of benzene rings is 2. The normalized spacial score (nSPS) is 15.6. The van der Waals surface area contributed by atoms with E-state index in [0.717, 1.165) is 29.2 Å². The van der Waals surface area contributed by atoms with Gasteiger partial charge in [-0.15, -0.1) is 10.3 Å². The van der Waals surface area contributed by atoms with E-state index in [4.69, 9.17) is 0 Å². The first kappa shape index (κ1) is 16.7. The lowest BCUT2D eigenvalue weighted by Gasteiger charge is -2.20. The Morgan fingerprint density at radius 2 is 1.64 bits per heavy atom. The molecular weight excluding hydrogens is 316 g/mol. The summed E-state index contributed by atoms with van der Waals surface area (Å²) < 4.78 is 1.21. The molecule has 1 aliphatic rings. The minimum absolute atomic E-state index is 0.427. The van der Waals surface area contributed by atoms with Gasteiger partial charge in [-0.05, 0) is 50.2 Å². The van der Waals surface area contributed by atoms with Crippen LogP contribution in [-0.4, -0.2) is 36.1 Å². The Labute approximate surface area is 147 Å². The molecule has 0 saturated carbocycles. The van der Waals surface area contributed by atoms with Crippen molar-refractivity contribution in [1.82, 2.24) is 5.43 Å². The maximum Gasteiger partial charge on any atom is 0.531 e. The molecule has 0 bridgehead atoms. The van der Waals surface area contributed by atoms with Crippen LogP contribution in [0.5, 0.6) is 0 Å². The van der Waals surface area contributed by atoms with E-state index in [-0.39, 0.29) is 0 Å². The van der Waals surface area contributed by atoms with E-state index in [1.807, 2.05) is 30.3 Å². The van der Waals surface area contributed by atoms with Crippen molar-refractivity contribution in [2.24, 2.45) is 0 Å². The molecule has 0 atom stereocenters. The first-order valence-electron chi connectivity index (χ1n) is 8.33. The number of nitrogens with zero attached hydrogens (tertiary/aromatic N) is 3. The second-order valence-electron chi connectivity index (χ2n) is 5.63. The Morgan fingerprint density at radius 3 is 2.24 bits per heavy atom. The summed E-state index contributed by atoms with van der Waals surface area (Å²) in [6.07, 6.45) is 1.62. The second-order valence-corrected chi connectivity index (χ2v) is 5.63. The Kier molecular flexibility index (Phi) is 4.79. The van der Waals surface area contributed by atoms with Crippen LogP contribution in [0.3, 0.4) is 0 Å². The lowest BCUT2D eigenvalue weighted by molar-refractivity contribution is -0.458. The summed E-state index contributed by atoms with van der Waals surface area (Å²) in [6.45, 7) is 6.10. The number of para-hydroxylation sites is 1. The highest BCUT2D eigenvalue weighted by Crippen LogP contribution is 2.18. The van der Waals surface area contributed by atoms with Crippen LogP contribution in [0.4, 0.5) is 21.0 Å². The minimum atomic E-state index is -0.466. The van der Waals surface area contributed by atoms with Crippen molar-refractivity contribution >= 4 is 29.7 Å². The monoisotopic (exact) mass is 337 g/mol. The quantitative estimate of drug-likeness (QED) is 0.852. The highest BCUT2D eigenvalue weighted by Gasteiger charge is 2.44. The number of rotatable bonds is 5. The summed E-state index contributed by atoms with van der Waals surface area (Å²) in [4.78, 5) is 28.0. The molecular formula is C19H21N4O2+. The van der Waals surface area contributed by atoms with Crippen molar-refractivity contribution in [1.29, 1.82) is 0 Å². The van der Waals surface area contributed by atoms with Crippen LogP contribution < -0.4 is 15.2 Å². The van der Waals surface area contributed by atoms with Gasteiger partial charge in [-0.3, -0.25) is 0 Å². The molecule has 0 aromatic heterocycles. The molecule has 2 aromatic carbocycles. The summed E-state index contributed by atoms with van der Waals surface area (Å²) in [5.41, 5.74) is 5.07. The van der Waals surface area contributed by atoms with Crippen LogP contribution in [0.15, 0.2) is 54.6 Å². The molecule has 0 aliphatic carbocycles. The van der Waals surface area contributed by atoms with Crippen molar-refractivity contribution in [2.75, 3.05) is 22.9 Å². The van der Waals surface area contributed by atoms with Crippen molar-refractivity contribution in [3.63, 3.8) is 0 Å². The summed E-state index contributed by atoms with van der Waals surface area (Å²) in [5.74, 6) is 0. The Balaban J connectivity index is 1.82. The van der Waals surface area contributed by atoms with Gasteiger partial charge in [-0.2, -0.15) is 4.79 Å². The summed E-state index contributed by atoms with van der Waals surface area (Å²) in [5, 5.41) is 0. The van der Waals surface area contributed by atoms with Gasteiger partial charge >= 0.3 is 12.1 Å². The molecule has 4 amide bonds. The summed E-state index contributed by atoms with van der Waals surface area (Å²) >= 11 is 0. The SMILES string of the molecule is CCN(CC)c1ccc(/C=[N+]2\NC(=O)N(c3ccccc3)C2=O)cc1. The second kappa shape index (κ2) is 7.17. The summed E-state index contributed by atoms with van der Waals surface area (Å²) in [6, 6.07) is 15.8. The van der Waals surface area contributed by atoms with Gasteiger partial charge in [0.1, 0.15) is 11.9 Å². The molecule has 3 rings (SSSR count). The van der Waals surface area contributed by atoms with Gasteiger partial charge in [-0.25, -0.2) is 4.79 Å². The lowest BCUT2D eigenvalue weighted by atomic mass is 10.2. The molecule has 128 valence electrons. The Hall–Kier alpha value is -3.15. The number of hydrazone groups is 1. The van der Waals surface area contributed by atoms with Crippen molar-refractivity contribution in [3.8, 4) is 0 Å². The molecule has 0 unspecified atom stereocenters. The fourth-order valence-electron chi connectivity index (χ4n) is 2.80. The number of hydrazine groups is 1. The number of carbonyl (C=O) groups is 2. The molecule has 1 fully saturated rings. The highest BCUT2D eigenvalue weighted by atomic mass is 16.2. The number of anilines is 2. The standard InChI is InChI=1S/C19H20N4O2/c1-3-21(4-2)16-12-10-15(11-13-16)14-22-19(25)23(18(24)20-22)17-8-6-5-7-9-17/h5-14H,3-4H2,1-2H3/p+1. The van der Waals surface area contributed by atoms with Crippen LogP contribution in [0, 0.1) is 0 Å². The molecule has 1 aliphatic heterocycles. The predicted octanol–water partition coefficient (Wildman–Crippen LogP) is 3.23. The van der Waals surface area contributed by atoms with Crippen LogP contribution >= 0.6 is 0 Å². The van der Waals surface area contributed by atoms with Crippen molar-refractivity contribution in [2.45, 2.75) is 13.8 Å². The smallest absolute Gasteiger partial charge is 0.372 e. The zero-order chi connectivity index (χ0) is 17.8. The maximum absolute atomic E-state index is 12.5. The Morgan fingerprint density at radius 1 is 1.00 bits per heavy atom. The predicted molar refractivity (Wildman–Crippen MR) is 98.3 cm³/mol. The average Bonchev–Trinajstić information content (AvgIpc) is 2.91. The lowest BCUT2D eigenvalue weighted by Crippen LogP contribution is -2.29. The third-order valence-corrected chi connectivity index (χ3v) is 4.13. The topological polar surface area (TPSA) is 55.7 Å². The molecule has 0 radical (unpaired) electrons. The highest BCUT2D eigenvalue weighted by molar-refractivity contribution is 6.14. The number of amides is 4. The van der Waals surface area contributed by atoms with Crippen molar-refractivity contribution in [3.05, 3.63) is 60.2 Å². The van der Waals surface area contributed by atoms with E-state index in [9.17, 15) is 9.59 Å². The molecule has 2 aromatic rings. The van der Waals surface area contributed by atoms with Gasteiger partial charge in [0.05, 0.1) is 0 Å². The average molecular weight is 337 g/mol. The zero-order valence-corrected chi connectivity index (χ0v) is 14.3. The molecule has 1 heterocycles. The Bertz CT molecular complexity index is 796. The van der Waals surface area contributed by atoms with Crippen LogP contribution in [0.2, 0.25) is 0 Å². The molecule has 25 heavy (non-hydrogen) atoms. The van der Waals surface area contributed by atoms with Crippen molar-refractivity contribution < 1.29 is 14.3 Å². The third-order valence-electron chi connectivity index (χ3n) is 4.13. The zero-order valence-electron chi connectivity index (χ0n) is 14.3. The third kappa shape index (κ3) is 3.38. The van der Waals surface area contributed by atoms with Gasteiger partial charge in [-0.1, -0.05) is 22.9 Å². The van der Waals surface area contributed by atoms with Crippen LogP contribution in [0.1, 0.15) is 19.4 Å². The number of imide groups is 1. The van der Waals surface area contributed by atoms with E-state index in [1.54, 1.807) is 30.5 Å². The fourth-order valence-corrected chi connectivity index (χ4v) is 2.80. The number of hydrogen-bond donors (Lipinski definition) is 1. The first-order valence-corrected chi connectivity index (χ1v) is 8.33. The molecule has 1 N–H and O–H groups in total. The first-order chi connectivity index (χ1) is 12.1.